The van der Waals surface area contributed by atoms with Crippen molar-refractivity contribution in [3.05, 3.63) is 84.4 Å². The van der Waals surface area contributed by atoms with Gasteiger partial charge in [-0.2, -0.15) is 0 Å². The molecule has 1 atom stereocenters. The predicted molar refractivity (Wildman–Crippen MR) is 142 cm³/mol. The largest absolute Gasteiger partial charge is 0.334 e. The summed E-state index contributed by atoms with van der Waals surface area (Å²) in [6.45, 7) is 0. The van der Waals surface area contributed by atoms with Crippen molar-refractivity contribution in [2.75, 3.05) is 5.75 Å². The van der Waals surface area contributed by atoms with Gasteiger partial charge in [0.25, 0.3) is 11.8 Å². The van der Waals surface area contributed by atoms with Crippen molar-refractivity contribution >= 4 is 52.2 Å². The zero-order chi connectivity index (χ0) is 24.6. The highest BCUT2D eigenvalue weighted by atomic mass is 32.2. The fourth-order valence-corrected chi connectivity index (χ4v) is 7.54. The highest BCUT2D eigenvalue weighted by Gasteiger charge is 2.34. The Morgan fingerprint density at radius 2 is 1.61 bits per heavy atom. The maximum absolute atomic E-state index is 12.4. The Labute approximate surface area is 216 Å². The van der Waals surface area contributed by atoms with E-state index in [1.165, 1.54) is 27.1 Å². The molecule has 0 aliphatic carbocycles. The maximum Gasteiger partial charge on any atom is 0.334 e. The van der Waals surface area contributed by atoms with Gasteiger partial charge < -0.3 is 9.40 Å². The zero-order valence-corrected chi connectivity index (χ0v) is 20.9. The molecule has 3 heterocycles. The molecule has 2 amide bonds. The van der Waals surface area contributed by atoms with Crippen molar-refractivity contribution in [2.24, 2.45) is 0 Å². The summed E-state index contributed by atoms with van der Waals surface area (Å²) < 4.78 is 2.39. The highest BCUT2D eigenvalue weighted by Crippen LogP contribution is 2.57. The van der Waals surface area contributed by atoms with Crippen LogP contribution in [0.4, 0.5) is 0 Å². The van der Waals surface area contributed by atoms with Gasteiger partial charge in [0.05, 0.1) is 22.2 Å². The van der Waals surface area contributed by atoms with Crippen LogP contribution in [0.5, 0.6) is 0 Å². The molecule has 4 aromatic rings. The van der Waals surface area contributed by atoms with Crippen molar-refractivity contribution in [3.63, 3.8) is 0 Å². The molecule has 0 spiro atoms. The summed E-state index contributed by atoms with van der Waals surface area (Å²) in [6.07, 6.45) is 0.285. The molecular weight excluding hydrogens is 492 g/mol. The first-order valence-corrected chi connectivity index (χ1v) is 13.7. The van der Waals surface area contributed by atoms with Crippen LogP contribution in [0, 0.1) is 0 Å². The summed E-state index contributed by atoms with van der Waals surface area (Å²) in [4.78, 5) is 42.1. The number of benzene rings is 3. The molecule has 6 rings (SSSR count). The highest BCUT2D eigenvalue weighted by molar-refractivity contribution is 8.16. The molecule has 0 radical (unpaired) electrons. The monoisotopic (exact) mass is 514 g/mol. The van der Waals surface area contributed by atoms with Crippen LogP contribution >= 0.6 is 23.5 Å². The topological polar surface area (TPSA) is 68.6 Å². The Balaban J connectivity index is 1.33. The zero-order valence-electron chi connectivity index (χ0n) is 19.3. The number of hydrogen-bond acceptors (Lipinski definition) is 6. The Hall–Kier alpha value is -3.49. The lowest BCUT2D eigenvalue weighted by Gasteiger charge is -2.26. The van der Waals surface area contributed by atoms with Crippen LogP contribution in [-0.2, 0) is 19.2 Å². The third-order valence-corrected chi connectivity index (χ3v) is 9.05. The van der Waals surface area contributed by atoms with E-state index in [0.717, 1.165) is 11.2 Å². The van der Waals surface area contributed by atoms with Crippen LogP contribution in [0.3, 0.4) is 0 Å². The minimum atomic E-state index is -0.570. The molecule has 2 aliphatic heterocycles. The van der Waals surface area contributed by atoms with E-state index in [1.807, 2.05) is 18.2 Å². The summed E-state index contributed by atoms with van der Waals surface area (Å²) in [6, 6.07) is 27.2. The van der Waals surface area contributed by atoms with Crippen molar-refractivity contribution in [3.8, 4) is 16.9 Å². The van der Waals surface area contributed by atoms with Gasteiger partial charge in [0, 0.05) is 45.7 Å². The molecule has 180 valence electrons. The molecule has 1 fully saturated rings. The van der Waals surface area contributed by atoms with E-state index in [9.17, 15) is 14.4 Å². The molecule has 0 N–H and O–H groups in total. The minimum absolute atomic E-state index is 0.0626. The average Bonchev–Trinajstić information content (AvgIpc) is 3.42. The summed E-state index contributed by atoms with van der Waals surface area (Å²) in [5, 5.41) is 1.80. The quantitative estimate of drug-likeness (QED) is 0.288. The number of carbonyl (C=O) groups is 3. The molecular formula is C28H22N2O4S2. The van der Waals surface area contributed by atoms with Crippen LogP contribution < -0.4 is 0 Å². The summed E-state index contributed by atoms with van der Waals surface area (Å²) in [5.74, 6) is -0.990. The van der Waals surface area contributed by atoms with Crippen LogP contribution in [0.15, 0.2) is 83.8 Å². The number of rotatable bonds is 6. The predicted octanol–water partition coefficient (Wildman–Crippen LogP) is 6.13. The Morgan fingerprint density at radius 1 is 0.917 bits per heavy atom. The normalized spacial score (nSPS) is 16.8. The molecule has 0 saturated carbocycles. The van der Waals surface area contributed by atoms with Gasteiger partial charge in [0.15, 0.2) is 0 Å². The molecule has 8 heteroatoms. The fraction of sp³-hybridized carbons (Fsp3) is 0.179. The van der Waals surface area contributed by atoms with E-state index in [2.05, 4.69) is 65.2 Å². The summed E-state index contributed by atoms with van der Waals surface area (Å²) >= 11 is 3.46. The number of fused-ring (bicyclic) bond motifs is 5. The standard InChI is InChI=1S/C28H22N2O4S2/c31-23-14-15-24(32)30(23)34-25(33)16-17-35-28-26-19-10-4-6-12-21(19)29(18-8-2-1-3-9-18)27(26)20-11-5-7-13-22(20)36-28/h1-13,28H,14-17H2. The lowest BCUT2D eigenvalue weighted by atomic mass is 10.1. The molecule has 3 aromatic carbocycles. The second kappa shape index (κ2) is 9.52. The lowest BCUT2D eigenvalue weighted by Crippen LogP contribution is -2.32. The van der Waals surface area contributed by atoms with E-state index >= 15 is 0 Å². The summed E-state index contributed by atoms with van der Waals surface area (Å²) in [7, 11) is 0. The fourth-order valence-electron chi connectivity index (χ4n) is 4.73. The number of thioether (sulfide) groups is 2. The Morgan fingerprint density at radius 3 is 2.42 bits per heavy atom. The number of carbonyl (C=O) groups excluding carboxylic acids is 3. The molecule has 1 unspecified atom stereocenters. The number of hydroxylamine groups is 2. The SMILES string of the molecule is O=C(CCSC1Sc2ccccc2-c2c1c1ccccc1n2-c1ccccc1)ON1C(=O)CCC1=O. The molecule has 1 saturated heterocycles. The van der Waals surface area contributed by atoms with Crippen LogP contribution in [-0.4, -0.2) is 33.2 Å². The summed E-state index contributed by atoms with van der Waals surface area (Å²) in [5.41, 5.74) is 5.84. The first kappa shape index (κ1) is 22.9. The molecule has 36 heavy (non-hydrogen) atoms. The van der Waals surface area contributed by atoms with Gasteiger partial charge in [-0.3, -0.25) is 9.59 Å². The van der Waals surface area contributed by atoms with Crippen molar-refractivity contribution < 1.29 is 19.2 Å². The Kier molecular flexibility index (Phi) is 6.07. The van der Waals surface area contributed by atoms with E-state index in [0.29, 0.717) is 10.8 Å². The lowest BCUT2D eigenvalue weighted by molar-refractivity contribution is -0.197. The van der Waals surface area contributed by atoms with E-state index < -0.39 is 17.8 Å². The van der Waals surface area contributed by atoms with Crippen molar-refractivity contribution in [1.29, 1.82) is 0 Å². The number of para-hydroxylation sites is 2. The smallest absolute Gasteiger partial charge is 0.330 e. The maximum atomic E-state index is 12.4. The van der Waals surface area contributed by atoms with Gasteiger partial charge in [-0.15, -0.1) is 28.6 Å². The third-order valence-electron chi connectivity index (χ3n) is 6.31. The van der Waals surface area contributed by atoms with Gasteiger partial charge in [0.1, 0.15) is 0 Å². The van der Waals surface area contributed by atoms with Gasteiger partial charge in [-0.25, -0.2) is 4.79 Å². The second-order valence-corrected chi connectivity index (χ2v) is 11.2. The van der Waals surface area contributed by atoms with Crippen molar-refractivity contribution in [2.45, 2.75) is 28.7 Å². The van der Waals surface area contributed by atoms with E-state index in [4.69, 9.17) is 4.84 Å². The van der Waals surface area contributed by atoms with Gasteiger partial charge in [-0.1, -0.05) is 54.6 Å². The first-order valence-electron chi connectivity index (χ1n) is 11.7. The van der Waals surface area contributed by atoms with Gasteiger partial charge in [-0.05, 0) is 24.3 Å². The van der Waals surface area contributed by atoms with Gasteiger partial charge >= 0.3 is 5.97 Å². The average molecular weight is 515 g/mol. The Bertz CT molecular complexity index is 1480. The first-order chi connectivity index (χ1) is 17.6. The molecule has 0 bridgehead atoms. The van der Waals surface area contributed by atoms with Crippen LogP contribution in [0.1, 0.15) is 29.4 Å². The molecule has 6 nitrogen and oxygen atoms in total. The van der Waals surface area contributed by atoms with Crippen molar-refractivity contribution in [1.82, 2.24) is 9.63 Å². The molecule has 1 aromatic heterocycles. The minimum Gasteiger partial charge on any atom is -0.330 e. The number of hydrogen-bond donors (Lipinski definition) is 0. The molecule has 2 aliphatic rings. The second-order valence-electron chi connectivity index (χ2n) is 8.56. The number of nitrogens with zero attached hydrogens (tertiary/aromatic N) is 2. The number of amides is 2. The third kappa shape index (κ3) is 4.00. The van der Waals surface area contributed by atoms with Crippen LogP contribution in [0.2, 0.25) is 0 Å². The number of imide groups is 1. The number of aromatic nitrogens is 1. The van der Waals surface area contributed by atoms with Crippen LogP contribution in [0.25, 0.3) is 27.8 Å². The van der Waals surface area contributed by atoms with E-state index in [1.54, 1.807) is 23.5 Å². The van der Waals surface area contributed by atoms with Gasteiger partial charge in [0.2, 0.25) is 0 Å². The van der Waals surface area contributed by atoms with E-state index in [-0.39, 0.29) is 23.8 Å².